The Balaban J connectivity index is 1.78. The average molecular weight is 330 g/mol. The molecule has 1 heterocycles. The van der Waals surface area contributed by atoms with Gasteiger partial charge in [-0.1, -0.05) is 22.0 Å². The van der Waals surface area contributed by atoms with Gasteiger partial charge in [0, 0.05) is 55.8 Å². The van der Waals surface area contributed by atoms with Gasteiger partial charge in [0.05, 0.1) is 0 Å². The Kier molecular flexibility index (Phi) is 5.76. The predicted octanol–water partition coefficient (Wildman–Crippen LogP) is 1.93. The van der Waals surface area contributed by atoms with Gasteiger partial charge in [-0.15, -0.1) is 0 Å². The molecule has 1 aliphatic rings. The van der Waals surface area contributed by atoms with E-state index >= 15 is 0 Å². The summed E-state index contributed by atoms with van der Waals surface area (Å²) in [5.41, 5.74) is 0.756. The first-order valence-corrected chi connectivity index (χ1v) is 7.50. The van der Waals surface area contributed by atoms with E-state index in [9.17, 15) is 4.39 Å². The molecule has 1 aliphatic heterocycles. The topological polar surface area (TPSA) is 18.5 Å². The number of hydrogen-bond acceptors (Lipinski definition) is 3. The molecule has 1 N–H and O–H groups in total. The Morgan fingerprint density at radius 1 is 1.37 bits per heavy atom. The number of nitrogens with one attached hydrogen (secondary N) is 1. The van der Waals surface area contributed by atoms with Crippen molar-refractivity contribution in [1.29, 1.82) is 0 Å². The van der Waals surface area contributed by atoms with Crippen LogP contribution in [0.1, 0.15) is 5.56 Å². The molecule has 1 aromatic carbocycles. The standard InChI is InChI=1S/C14H21BrFN3/c1-18(8-9-19-6-4-17-5-7-19)11-12-2-3-13(15)10-14(12)16/h2-3,10,17H,4-9,11H2,1H3. The maximum Gasteiger partial charge on any atom is 0.128 e. The minimum atomic E-state index is -0.136. The van der Waals surface area contributed by atoms with Crippen molar-refractivity contribution in [3.8, 4) is 0 Å². The van der Waals surface area contributed by atoms with Crippen molar-refractivity contribution in [2.24, 2.45) is 0 Å². The molecule has 0 saturated carbocycles. The molecule has 0 radical (unpaired) electrons. The summed E-state index contributed by atoms with van der Waals surface area (Å²) in [5.74, 6) is -0.136. The summed E-state index contributed by atoms with van der Waals surface area (Å²) in [6, 6.07) is 5.27. The number of hydrogen-bond donors (Lipinski definition) is 1. The highest BCUT2D eigenvalue weighted by Crippen LogP contribution is 2.16. The highest BCUT2D eigenvalue weighted by molar-refractivity contribution is 9.10. The Hall–Kier alpha value is -0.490. The second-order valence-electron chi connectivity index (χ2n) is 5.07. The number of benzene rings is 1. The van der Waals surface area contributed by atoms with Gasteiger partial charge in [-0.2, -0.15) is 0 Å². The average Bonchev–Trinajstić information content (AvgIpc) is 2.41. The van der Waals surface area contributed by atoms with Crippen LogP contribution in [0.15, 0.2) is 22.7 Å². The fourth-order valence-corrected chi connectivity index (χ4v) is 2.60. The fraction of sp³-hybridized carbons (Fsp3) is 0.571. The second-order valence-corrected chi connectivity index (χ2v) is 5.98. The molecule has 0 atom stereocenters. The van der Waals surface area contributed by atoms with Crippen LogP contribution in [-0.4, -0.2) is 56.1 Å². The third-order valence-corrected chi connectivity index (χ3v) is 3.96. The van der Waals surface area contributed by atoms with Crippen LogP contribution in [0.4, 0.5) is 4.39 Å². The summed E-state index contributed by atoms with van der Waals surface area (Å²) in [4.78, 5) is 4.62. The lowest BCUT2D eigenvalue weighted by Crippen LogP contribution is -2.45. The van der Waals surface area contributed by atoms with E-state index in [0.29, 0.717) is 6.54 Å². The normalized spacial score (nSPS) is 17.1. The molecule has 1 fully saturated rings. The summed E-state index contributed by atoms with van der Waals surface area (Å²) in [6.45, 7) is 7.05. The molecule has 2 rings (SSSR count). The van der Waals surface area contributed by atoms with Crippen LogP contribution >= 0.6 is 15.9 Å². The van der Waals surface area contributed by atoms with E-state index in [0.717, 1.165) is 49.3 Å². The second kappa shape index (κ2) is 7.33. The molecular weight excluding hydrogens is 309 g/mol. The molecule has 0 aromatic heterocycles. The van der Waals surface area contributed by atoms with E-state index in [1.807, 2.05) is 19.2 Å². The smallest absolute Gasteiger partial charge is 0.128 e. The zero-order valence-electron chi connectivity index (χ0n) is 11.3. The number of rotatable bonds is 5. The van der Waals surface area contributed by atoms with Crippen LogP contribution in [0.5, 0.6) is 0 Å². The van der Waals surface area contributed by atoms with Crippen LogP contribution in [0.25, 0.3) is 0 Å². The summed E-state index contributed by atoms with van der Waals surface area (Å²) < 4.78 is 14.5. The van der Waals surface area contributed by atoms with Crippen LogP contribution in [0.3, 0.4) is 0 Å². The van der Waals surface area contributed by atoms with Gasteiger partial charge in [-0.25, -0.2) is 4.39 Å². The Morgan fingerprint density at radius 3 is 2.79 bits per heavy atom. The summed E-state index contributed by atoms with van der Waals surface area (Å²) in [5, 5.41) is 3.35. The molecule has 5 heteroatoms. The van der Waals surface area contributed by atoms with E-state index in [1.165, 1.54) is 6.07 Å². The van der Waals surface area contributed by atoms with E-state index in [-0.39, 0.29) is 5.82 Å². The van der Waals surface area contributed by atoms with Crippen molar-refractivity contribution in [2.75, 3.05) is 46.3 Å². The number of nitrogens with zero attached hydrogens (tertiary/aromatic N) is 2. The van der Waals surface area contributed by atoms with Gasteiger partial charge in [0.25, 0.3) is 0 Å². The predicted molar refractivity (Wildman–Crippen MR) is 79.7 cm³/mol. The van der Waals surface area contributed by atoms with Gasteiger partial charge >= 0.3 is 0 Å². The first-order valence-electron chi connectivity index (χ1n) is 6.71. The van der Waals surface area contributed by atoms with E-state index in [1.54, 1.807) is 0 Å². The lowest BCUT2D eigenvalue weighted by Gasteiger charge is -2.29. The molecule has 0 bridgehead atoms. The molecule has 0 unspecified atom stereocenters. The molecule has 106 valence electrons. The summed E-state index contributed by atoms with van der Waals surface area (Å²) in [7, 11) is 2.05. The van der Waals surface area contributed by atoms with Gasteiger partial charge in [-0.05, 0) is 19.2 Å². The highest BCUT2D eigenvalue weighted by atomic mass is 79.9. The summed E-state index contributed by atoms with van der Waals surface area (Å²) in [6.07, 6.45) is 0. The Labute approximate surface area is 122 Å². The van der Waals surface area contributed by atoms with Crippen molar-refractivity contribution in [3.63, 3.8) is 0 Å². The van der Waals surface area contributed by atoms with Crippen molar-refractivity contribution in [1.82, 2.24) is 15.1 Å². The Bertz CT molecular complexity index is 408. The van der Waals surface area contributed by atoms with E-state index in [4.69, 9.17) is 0 Å². The number of piperazine rings is 1. The zero-order valence-corrected chi connectivity index (χ0v) is 12.9. The largest absolute Gasteiger partial charge is 0.314 e. The van der Waals surface area contributed by atoms with Gasteiger partial charge in [0.1, 0.15) is 5.82 Å². The van der Waals surface area contributed by atoms with E-state index < -0.39 is 0 Å². The molecule has 0 aliphatic carbocycles. The SMILES string of the molecule is CN(CCN1CCNCC1)Cc1ccc(Br)cc1F. The van der Waals surface area contributed by atoms with Gasteiger partial charge in [-0.3, -0.25) is 4.90 Å². The molecule has 3 nitrogen and oxygen atoms in total. The lowest BCUT2D eigenvalue weighted by atomic mass is 10.2. The van der Waals surface area contributed by atoms with Crippen molar-refractivity contribution >= 4 is 15.9 Å². The molecule has 0 amide bonds. The van der Waals surface area contributed by atoms with Gasteiger partial charge < -0.3 is 10.2 Å². The molecular formula is C14H21BrFN3. The first kappa shape index (κ1) is 14.9. The monoisotopic (exact) mass is 329 g/mol. The fourth-order valence-electron chi connectivity index (χ4n) is 2.27. The maximum atomic E-state index is 13.7. The quantitative estimate of drug-likeness (QED) is 0.890. The van der Waals surface area contributed by atoms with Gasteiger partial charge in [0.2, 0.25) is 0 Å². The van der Waals surface area contributed by atoms with Crippen LogP contribution in [0.2, 0.25) is 0 Å². The third kappa shape index (κ3) is 4.84. The molecule has 1 saturated heterocycles. The van der Waals surface area contributed by atoms with E-state index in [2.05, 4.69) is 31.0 Å². The molecule has 1 aromatic rings. The highest BCUT2D eigenvalue weighted by Gasteiger charge is 2.11. The zero-order chi connectivity index (χ0) is 13.7. The van der Waals surface area contributed by atoms with Crippen LogP contribution < -0.4 is 5.32 Å². The Morgan fingerprint density at radius 2 is 2.11 bits per heavy atom. The number of likely N-dealkylation sites (N-methyl/N-ethyl adjacent to an activating group) is 1. The number of halogens is 2. The summed E-state index contributed by atoms with van der Waals surface area (Å²) >= 11 is 3.28. The minimum Gasteiger partial charge on any atom is -0.314 e. The van der Waals surface area contributed by atoms with Crippen molar-refractivity contribution in [2.45, 2.75) is 6.54 Å². The third-order valence-electron chi connectivity index (χ3n) is 3.46. The maximum absolute atomic E-state index is 13.7. The lowest BCUT2D eigenvalue weighted by molar-refractivity contribution is 0.201. The van der Waals surface area contributed by atoms with Gasteiger partial charge in [0.15, 0.2) is 0 Å². The van der Waals surface area contributed by atoms with Crippen molar-refractivity contribution < 1.29 is 4.39 Å². The molecule has 19 heavy (non-hydrogen) atoms. The van der Waals surface area contributed by atoms with Crippen LogP contribution in [0, 0.1) is 5.82 Å². The first-order chi connectivity index (χ1) is 9.15. The van der Waals surface area contributed by atoms with Crippen LogP contribution in [-0.2, 0) is 6.54 Å². The minimum absolute atomic E-state index is 0.136. The molecule has 0 spiro atoms. The van der Waals surface area contributed by atoms with Crippen molar-refractivity contribution in [3.05, 3.63) is 34.1 Å².